The number of carbonyl (C=O) groups excluding carboxylic acids is 6. The van der Waals surface area contributed by atoms with E-state index in [0.29, 0.717) is 11.1 Å². The second-order valence-electron chi connectivity index (χ2n) is 15.8. The summed E-state index contributed by atoms with van der Waals surface area (Å²) in [6.07, 6.45) is 0.513. The van der Waals surface area contributed by atoms with Gasteiger partial charge in [0.2, 0.25) is 17.7 Å². The molecule has 3 aromatic carbocycles. The fourth-order valence-electron chi connectivity index (χ4n) is 5.50. The summed E-state index contributed by atoms with van der Waals surface area (Å²) in [7, 11) is 0.167. The first-order chi connectivity index (χ1) is 27.2. The summed E-state index contributed by atoms with van der Waals surface area (Å²) in [6.45, 7) is 10.3. The Bertz CT molecular complexity index is 1880. The molecule has 14 nitrogen and oxygen atoms in total. The van der Waals surface area contributed by atoms with Crippen LogP contribution in [-0.4, -0.2) is 99.8 Å². The van der Waals surface area contributed by atoms with E-state index in [1.807, 2.05) is 6.07 Å². The number of alkyl carbamates (subject to hydrolysis) is 1. The molecule has 314 valence electrons. The van der Waals surface area contributed by atoms with E-state index in [2.05, 4.69) is 16.0 Å². The fourth-order valence-corrected chi connectivity index (χ4v) is 6.07. The van der Waals surface area contributed by atoms with Crippen LogP contribution in [-0.2, 0) is 52.3 Å². The number of hydrogen-bond donors (Lipinski definition) is 3. The van der Waals surface area contributed by atoms with E-state index >= 15 is 0 Å². The molecule has 58 heavy (non-hydrogen) atoms. The zero-order valence-electron chi connectivity index (χ0n) is 34.5. The third-order valence-electron chi connectivity index (χ3n) is 8.26. The Hall–Kier alpha value is -5.57. The van der Waals surface area contributed by atoms with Gasteiger partial charge >= 0.3 is 18.0 Å². The molecule has 0 aliphatic carbocycles. The number of rotatable bonds is 18. The average Bonchev–Trinajstić information content (AvgIpc) is 3.14. The van der Waals surface area contributed by atoms with Crippen molar-refractivity contribution in [3.63, 3.8) is 0 Å². The molecule has 0 radical (unpaired) electrons. The Morgan fingerprint density at radius 1 is 0.672 bits per heavy atom. The molecule has 0 fully saturated rings. The van der Waals surface area contributed by atoms with Gasteiger partial charge in [-0.1, -0.05) is 60.7 Å². The van der Waals surface area contributed by atoms with Gasteiger partial charge in [0.1, 0.15) is 35.1 Å². The van der Waals surface area contributed by atoms with Crippen molar-refractivity contribution < 1.29 is 47.2 Å². The van der Waals surface area contributed by atoms with Crippen LogP contribution in [0.5, 0.6) is 5.75 Å². The van der Waals surface area contributed by atoms with E-state index in [1.165, 1.54) is 18.2 Å². The van der Waals surface area contributed by atoms with Crippen LogP contribution in [0.3, 0.4) is 0 Å². The molecule has 0 aliphatic heterocycles. The number of nitrogens with zero attached hydrogens (tertiary/aromatic N) is 1. The molecular weight excluding hydrogens is 765 g/mol. The highest BCUT2D eigenvalue weighted by atomic mass is 32.2. The van der Waals surface area contributed by atoms with E-state index < -0.39 is 75.9 Å². The number of nitrogens with one attached hydrogen (secondary N) is 3. The maximum absolute atomic E-state index is 14.0. The highest BCUT2D eigenvalue weighted by Crippen LogP contribution is 2.17. The largest absolute Gasteiger partial charge is 0.460 e. The van der Waals surface area contributed by atoms with Gasteiger partial charge in [-0.05, 0) is 83.4 Å². The number of ether oxygens (including phenoxy) is 3. The lowest BCUT2D eigenvalue weighted by Crippen LogP contribution is -2.58. The van der Waals surface area contributed by atoms with Crippen LogP contribution in [0.2, 0.25) is 0 Å². The first-order valence-corrected chi connectivity index (χ1v) is 20.7. The first-order valence-electron chi connectivity index (χ1n) is 19.0. The van der Waals surface area contributed by atoms with E-state index in [-0.39, 0.29) is 43.7 Å². The van der Waals surface area contributed by atoms with Crippen LogP contribution < -0.4 is 20.7 Å². The van der Waals surface area contributed by atoms with Crippen LogP contribution >= 0.6 is 0 Å². The highest BCUT2D eigenvalue weighted by molar-refractivity contribution is 7.84. The molecule has 0 aromatic heterocycles. The molecule has 15 heteroatoms. The number of carbonyl (C=O) groups is 6. The standard InChI is InChI=1S/C43H56N4O10S/c1-42(2,3)56-36(48)23-25-47(7)39(51)35(28-29-15-11-9-12-16-29)45-37(49)33(24-26-58(8)54)44-38(50)34(46-41(53)57-43(4,5)6)27-30-19-21-32(22-20-30)55-40(52)31-17-13-10-14-18-31/h9-22,33-35H,23-28H2,1-8H3,(H,44,50)(H,45,49)(H,46,53)/t33-,34+,35+,58?/m1/s1. The van der Waals surface area contributed by atoms with Crippen molar-refractivity contribution in [2.75, 3.05) is 25.6 Å². The number of benzene rings is 3. The summed E-state index contributed by atoms with van der Waals surface area (Å²) in [6, 6.07) is 20.3. The van der Waals surface area contributed by atoms with Crippen molar-refractivity contribution in [1.82, 2.24) is 20.9 Å². The van der Waals surface area contributed by atoms with E-state index in [4.69, 9.17) is 14.2 Å². The minimum atomic E-state index is -1.35. The third-order valence-corrected chi connectivity index (χ3v) is 9.07. The Morgan fingerprint density at radius 3 is 1.76 bits per heavy atom. The molecule has 0 aliphatic rings. The Balaban J connectivity index is 1.84. The molecular formula is C43H56N4O10S. The third kappa shape index (κ3) is 17.3. The summed E-state index contributed by atoms with van der Waals surface area (Å²) in [5.41, 5.74) is 0.116. The van der Waals surface area contributed by atoms with Crippen molar-refractivity contribution in [2.45, 2.75) is 96.6 Å². The summed E-state index contributed by atoms with van der Waals surface area (Å²) < 4.78 is 28.5. The molecule has 0 bridgehead atoms. The highest BCUT2D eigenvalue weighted by Gasteiger charge is 2.32. The van der Waals surface area contributed by atoms with Crippen LogP contribution in [0.25, 0.3) is 0 Å². The molecule has 0 saturated heterocycles. The molecule has 0 heterocycles. The fraction of sp³-hybridized carbons (Fsp3) is 0.442. The summed E-state index contributed by atoms with van der Waals surface area (Å²) in [5.74, 6) is -2.66. The average molecular weight is 821 g/mol. The van der Waals surface area contributed by atoms with Crippen LogP contribution in [0, 0.1) is 0 Å². The molecule has 1 unspecified atom stereocenters. The lowest BCUT2D eigenvalue weighted by molar-refractivity contribution is -0.155. The zero-order chi connectivity index (χ0) is 43.0. The maximum atomic E-state index is 14.0. The van der Waals surface area contributed by atoms with Gasteiger partial charge in [0.05, 0.1) is 12.0 Å². The summed E-state index contributed by atoms with van der Waals surface area (Å²) >= 11 is 0. The second-order valence-corrected chi connectivity index (χ2v) is 17.3. The van der Waals surface area contributed by atoms with Crippen LogP contribution in [0.1, 0.15) is 75.9 Å². The lowest BCUT2D eigenvalue weighted by atomic mass is 10.0. The number of esters is 2. The summed E-state index contributed by atoms with van der Waals surface area (Å²) in [5, 5.41) is 8.08. The predicted molar refractivity (Wildman–Crippen MR) is 220 cm³/mol. The minimum Gasteiger partial charge on any atom is -0.460 e. The van der Waals surface area contributed by atoms with E-state index in [1.54, 1.807) is 120 Å². The monoisotopic (exact) mass is 820 g/mol. The van der Waals surface area contributed by atoms with Gasteiger partial charge < -0.3 is 35.1 Å². The van der Waals surface area contributed by atoms with Gasteiger partial charge in [-0.2, -0.15) is 0 Å². The normalized spacial score (nSPS) is 13.4. The molecule has 3 rings (SSSR count). The lowest BCUT2D eigenvalue weighted by Gasteiger charge is -2.28. The first kappa shape index (κ1) is 46.8. The van der Waals surface area contributed by atoms with E-state index in [0.717, 1.165) is 5.56 Å². The number of likely N-dealkylation sites (N-methyl/N-ethyl adjacent to an activating group) is 1. The topological polar surface area (TPSA) is 187 Å². The molecule has 0 saturated carbocycles. The molecule has 4 amide bonds. The van der Waals surface area contributed by atoms with Gasteiger partial charge in [-0.15, -0.1) is 0 Å². The summed E-state index contributed by atoms with van der Waals surface area (Å²) in [4.78, 5) is 81.1. The van der Waals surface area contributed by atoms with Crippen molar-refractivity contribution in [1.29, 1.82) is 0 Å². The smallest absolute Gasteiger partial charge is 0.408 e. The number of amides is 4. The van der Waals surface area contributed by atoms with Gasteiger partial charge in [-0.3, -0.25) is 23.4 Å². The number of hydrogen-bond acceptors (Lipinski definition) is 10. The van der Waals surface area contributed by atoms with Gasteiger partial charge in [0.25, 0.3) is 0 Å². The SMILES string of the molecule is CN(CCC(=O)OC(C)(C)C)C(=O)[C@H](Cc1ccccc1)NC(=O)[C@@H](CCS(C)=O)NC(=O)[C@H](Cc1ccc(OC(=O)c2ccccc2)cc1)NC(=O)OC(C)(C)C. The minimum absolute atomic E-state index is 0.0261. The molecule has 4 atom stereocenters. The quantitative estimate of drug-likeness (QED) is 0.122. The molecule has 0 spiro atoms. The van der Waals surface area contributed by atoms with Crippen LogP contribution in [0.15, 0.2) is 84.9 Å². The van der Waals surface area contributed by atoms with Crippen LogP contribution in [0.4, 0.5) is 4.79 Å². The van der Waals surface area contributed by atoms with Crippen molar-refractivity contribution >= 4 is 46.6 Å². The Labute approximate surface area is 343 Å². The molecule has 3 N–H and O–H groups in total. The van der Waals surface area contributed by atoms with Crippen molar-refractivity contribution in [2.24, 2.45) is 0 Å². The van der Waals surface area contributed by atoms with Crippen molar-refractivity contribution in [3.05, 3.63) is 102 Å². The Morgan fingerprint density at radius 2 is 1.19 bits per heavy atom. The second kappa shape index (κ2) is 21.8. The zero-order valence-corrected chi connectivity index (χ0v) is 35.3. The van der Waals surface area contributed by atoms with Crippen molar-refractivity contribution in [3.8, 4) is 5.75 Å². The Kier molecular flexibility index (Phi) is 17.6. The van der Waals surface area contributed by atoms with Gasteiger partial charge in [0, 0.05) is 49.2 Å². The van der Waals surface area contributed by atoms with E-state index in [9.17, 15) is 33.0 Å². The van der Waals surface area contributed by atoms with Gasteiger partial charge in [0.15, 0.2) is 0 Å². The van der Waals surface area contributed by atoms with Gasteiger partial charge in [-0.25, -0.2) is 9.59 Å². The predicted octanol–water partition coefficient (Wildman–Crippen LogP) is 4.51. The maximum Gasteiger partial charge on any atom is 0.408 e. The molecule has 3 aromatic rings.